The molecule has 88 valence electrons. The molecule has 1 aromatic carbocycles. The zero-order valence-electron chi connectivity index (χ0n) is 9.99. The first-order valence-corrected chi connectivity index (χ1v) is 6.16. The van der Waals surface area contributed by atoms with E-state index in [1.807, 2.05) is 0 Å². The van der Waals surface area contributed by atoms with Crippen LogP contribution >= 0.6 is 0 Å². The van der Waals surface area contributed by atoms with Gasteiger partial charge in [-0.1, -0.05) is 30.3 Å². The van der Waals surface area contributed by atoms with Gasteiger partial charge in [-0.2, -0.15) is 0 Å². The molecule has 0 bridgehead atoms. The number of rotatable bonds is 2. The molecular weight excluding hydrogens is 212 g/mol. The van der Waals surface area contributed by atoms with Gasteiger partial charge in [-0.25, -0.2) is 0 Å². The second-order valence-electron chi connectivity index (χ2n) is 4.41. The van der Waals surface area contributed by atoms with Crippen LogP contribution in [0.15, 0.2) is 28.8 Å². The highest BCUT2D eigenvalue weighted by Gasteiger charge is 2.19. The van der Waals surface area contributed by atoms with Crippen molar-refractivity contribution in [2.24, 2.45) is 0 Å². The number of nitrogens with one attached hydrogen (secondary N) is 1. The van der Waals surface area contributed by atoms with Crippen molar-refractivity contribution in [1.29, 1.82) is 0 Å². The van der Waals surface area contributed by atoms with Crippen molar-refractivity contribution in [2.45, 2.75) is 26.3 Å². The Bertz CT molecular complexity index is 531. The Morgan fingerprint density at radius 1 is 1.41 bits per heavy atom. The average Bonchev–Trinajstić information content (AvgIpc) is 2.82. The average molecular weight is 228 g/mol. The maximum absolute atomic E-state index is 5.40. The minimum absolute atomic E-state index is 0.801. The highest BCUT2D eigenvalue weighted by Crippen LogP contribution is 2.28. The molecule has 3 rings (SSSR count). The molecule has 0 amide bonds. The summed E-state index contributed by atoms with van der Waals surface area (Å²) in [4.78, 5) is 0. The number of fused-ring (bicyclic) bond motifs is 1. The lowest BCUT2D eigenvalue weighted by molar-refractivity contribution is 0.367. The molecule has 2 aromatic rings. The van der Waals surface area contributed by atoms with Crippen molar-refractivity contribution in [3.05, 3.63) is 41.2 Å². The summed E-state index contributed by atoms with van der Waals surface area (Å²) >= 11 is 0. The summed E-state index contributed by atoms with van der Waals surface area (Å²) < 4.78 is 5.40. The number of aryl methyl sites for hydroxylation is 1. The highest BCUT2D eigenvalue weighted by atomic mass is 16.5. The molecule has 0 unspecified atom stereocenters. The van der Waals surface area contributed by atoms with E-state index in [0.717, 1.165) is 37.4 Å². The van der Waals surface area contributed by atoms with Crippen LogP contribution in [-0.2, 0) is 19.4 Å². The molecular formula is C14H16N2O. The van der Waals surface area contributed by atoms with Crippen molar-refractivity contribution < 1.29 is 4.52 Å². The molecule has 0 spiro atoms. The Hall–Kier alpha value is -1.61. The molecule has 2 heterocycles. The summed E-state index contributed by atoms with van der Waals surface area (Å²) in [5, 5.41) is 7.52. The minimum atomic E-state index is 0.801. The van der Waals surface area contributed by atoms with Gasteiger partial charge in [0.2, 0.25) is 0 Å². The fraction of sp³-hybridized carbons (Fsp3) is 0.357. The SMILES string of the molecule is CCc1cccc(-c2noc3c2CCNC3)c1. The molecule has 1 N–H and O–H groups in total. The second-order valence-corrected chi connectivity index (χ2v) is 4.41. The minimum Gasteiger partial charge on any atom is -0.359 e. The third-order valence-corrected chi connectivity index (χ3v) is 3.32. The normalized spacial score (nSPS) is 14.6. The van der Waals surface area contributed by atoms with E-state index in [1.165, 1.54) is 16.7 Å². The summed E-state index contributed by atoms with van der Waals surface area (Å²) in [5.41, 5.74) is 4.82. The van der Waals surface area contributed by atoms with Crippen LogP contribution in [0.3, 0.4) is 0 Å². The van der Waals surface area contributed by atoms with E-state index in [0.29, 0.717) is 0 Å². The highest BCUT2D eigenvalue weighted by molar-refractivity contribution is 5.64. The Labute approximate surface area is 101 Å². The summed E-state index contributed by atoms with van der Waals surface area (Å²) in [6.07, 6.45) is 2.06. The van der Waals surface area contributed by atoms with Gasteiger partial charge in [0.25, 0.3) is 0 Å². The number of hydrogen-bond acceptors (Lipinski definition) is 3. The zero-order valence-corrected chi connectivity index (χ0v) is 9.99. The largest absolute Gasteiger partial charge is 0.359 e. The first-order chi connectivity index (χ1) is 8.38. The number of benzene rings is 1. The van der Waals surface area contributed by atoms with Gasteiger partial charge in [-0.3, -0.25) is 0 Å². The molecule has 17 heavy (non-hydrogen) atoms. The molecule has 0 saturated heterocycles. The lowest BCUT2D eigenvalue weighted by Crippen LogP contribution is -2.22. The van der Waals surface area contributed by atoms with Gasteiger partial charge in [0.05, 0.1) is 6.54 Å². The topological polar surface area (TPSA) is 38.1 Å². The Morgan fingerprint density at radius 2 is 2.35 bits per heavy atom. The van der Waals surface area contributed by atoms with Crippen LogP contribution < -0.4 is 5.32 Å². The molecule has 0 aliphatic carbocycles. The molecule has 3 nitrogen and oxygen atoms in total. The van der Waals surface area contributed by atoms with Crippen molar-refractivity contribution >= 4 is 0 Å². The molecule has 1 aromatic heterocycles. The van der Waals surface area contributed by atoms with Crippen molar-refractivity contribution in [3.63, 3.8) is 0 Å². The fourth-order valence-corrected chi connectivity index (χ4v) is 2.32. The number of aromatic nitrogens is 1. The van der Waals surface area contributed by atoms with E-state index >= 15 is 0 Å². The Morgan fingerprint density at radius 3 is 3.24 bits per heavy atom. The van der Waals surface area contributed by atoms with Gasteiger partial charge in [0, 0.05) is 11.1 Å². The summed E-state index contributed by atoms with van der Waals surface area (Å²) in [7, 11) is 0. The van der Waals surface area contributed by atoms with Crippen LogP contribution in [0.4, 0.5) is 0 Å². The molecule has 3 heteroatoms. The van der Waals surface area contributed by atoms with Crippen LogP contribution in [0, 0.1) is 0 Å². The quantitative estimate of drug-likeness (QED) is 0.858. The third-order valence-electron chi connectivity index (χ3n) is 3.32. The Kier molecular flexibility index (Phi) is 2.69. The van der Waals surface area contributed by atoms with Crippen molar-refractivity contribution in [3.8, 4) is 11.3 Å². The summed E-state index contributed by atoms with van der Waals surface area (Å²) in [5.74, 6) is 0.994. The first kappa shape index (κ1) is 10.5. The molecule has 0 atom stereocenters. The van der Waals surface area contributed by atoms with Gasteiger partial charge in [-0.15, -0.1) is 0 Å². The van der Waals surface area contributed by atoms with Gasteiger partial charge in [0.1, 0.15) is 5.69 Å². The van der Waals surface area contributed by atoms with E-state index in [2.05, 4.69) is 41.7 Å². The monoisotopic (exact) mass is 228 g/mol. The van der Waals surface area contributed by atoms with E-state index < -0.39 is 0 Å². The molecule has 1 aliphatic heterocycles. The van der Waals surface area contributed by atoms with Crippen LogP contribution in [0.1, 0.15) is 23.8 Å². The smallest absolute Gasteiger partial charge is 0.154 e. The number of hydrogen-bond donors (Lipinski definition) is 1. The molecule has 0 saturated carbocycles. The third kappa shape index (κ3) is 1.87. The van der Waals surface area contributed by atoms with Gasteiger partial charge < -0.3 is 9.84 Å². The zero-order chi connectivity index (χ0) is 11.7. The lowest BCUT2D eigenvalue weighted by Gasteiger charge is -2.11. The summed E-state index contributed by atoms with van der Waals surface area (Å²) in [6, 6.07) is 8.56. The van der Waals surface area contributed by atoms with E-state index in [9.17, 15) is 0 Å². The standard InChI is InChI=1S/C14H16N2O/c1-2-10-4-3-5-11(8-10)14-12-6-7-15-9-13(12)17-16-14/h3-5,8,15H,2,6-7,9H2,1H3. The Balaban J connectivity index is 2.05. The van der Waals surface area contributed by atoms with Crippen LogP contribution in [0.25, 0.3) is 11.3 Å². The van der Waals surface area contributed by atoms with Gasteiger partial charge in [-0.05, 0) is 31.0 Å². The predicted molar refractivity (Wildman–Crippen MR) is 66.7 cm³/mol. The van der Waals surface area contributed by atoms with Crippen LogP contribution in [-0.4, -0.2) is 11.7 Å². The molecule has 0 fully saturated rings. The van der Waals surface area contributed by atoms with Gasteiger partial charge >= 0.3 is 0 Å². The van der Waals surface area contributed by atoms with E-state index in [1.54, 1.807) is 0 Å². The molecule has 1 aliphatic rings. The van der Waals surface area contributed by atoms with Crippen molar-refractivity contribution in [1.82, 2.24) is 10.5 Å². The van der Waals surface area contributed by atoms with E-state index in [4.69, 9.17) is 4.52 Å². The maximum atomic E-state index is 5.40. The van der Waals surface area contributed by atoms with Crippen LogP contribution in [0.5, 0.6) is 0 Å². The summed E-state index contributed by atoms with van der Waals surface area (Å²) in [6.45, 7) is 3.98. The first-order valence-electron chi connectivity index (χ1n) is 6.16. The van der Waals surface area contributed by atoms with Gasteiger partial charge in [0.15, 0.2) is 5.76 Å². The molecule has 0 radical (unpaired) electrons. The van der Waals surface area contributed by atoms with Crippen molar-refractivity contribution in [2.75, 3.05) is 6.54 Å². The predicted octanol–water partition coefficient (Wildman–Crippen LogP) is 2.55. The van der Waals surface area contributed by atoms with Crippen LogP contribution in [0.2, 0.25) is 0 Å². The van der Waals surface area contributed by atoms with E-state index in [-0.39, 0.29) is 0 Å². The fourth-order valence-electron chi connectivity index (χ4n) is 2.32. The number of nitrogens with zero attached hydrogens (tertiary/aromatic N) is 1. The maximum Gasteiger partial charge on any atom is 0.154 e. The lowest BCUT2D eigenvalue weighted by atomic mass is 9.99. The second kappa shape index (κ2) is 4.34.